The van der Waals surface area contributed by atoms with E-state index in [0.717, 1.165) is 80.3 Å². The second-order valence-corrected chi connectivity index (χ2v) is 14.1. The second kappa shape index (κ2) is 11.8. The van der Waals surface area contributed by atoms with Gasteiger partial charge in [-0.25, -0.2) is 9.97 Å². The average Bonchev–Trinajstić information content (AvgIpc) is 2.98. The maximum atomic E-state index is 13.3. The molecule has 0 bridgehead atoms. The van der Waals surface area contributed by atoms with Gasteiger partial charge in [-0.15, -0.1) is 0 Å². The summed E-state index contributed by atoms with van der Waals surface area (Å²) >= 11 is 0. The van der Waals surface area contributed by atoms with E-state index in [2.05, 4.69) is 53.9 Å². The Balaban J connectivity index is 1.15. The number of benzene rings is 1. The number of anilines is 1. The molecule has 0 atom stereocenters. The smallest absolute Gasteiger partial charge is 0.254 e. The molecule has 1 aromatic heterocycles. The lowest BCUT2D eigenvalue weighted by atomic mass is 9.49. The van der Waals surface area contributed by atoms with Crippen molar-refractivity contribution >= 4 is 11.9 Å². The highest BCUT2D eigenvalue weighted by atomic mass is 16.5. The van der Waals surface area contributed by atoms with Crippen molar-refractivity contribution in [2.24, 2.45) is 22.7 Å². The van der Waals surface area contributed by atoms with Gasteiger partial charge in [0.25, 0.3) is 5.91 Å². The Morgan fingerprint density at radius 1 is 1.00 bits per heavy atom. The van der Waals surface area contributed by atoms with Crippen LogP contribution in [0, 0.1) is 47.8 Å². The van der Waals surface area contributed by atoms with Gasteiger partial charge in [-0.1, -0.05) is 27.7 Å². The molecule has 3 fully saturated rings. The Morgan fingerprint density at radius 2 is 1.60 bits per heavy atom. The fourth-order valence-corrected chi connectivity index (χ4v) is 8.01. The number of nitrogens with one attached hydrogen (secondary N) is 1. The summed E-state index contributed by atoms with van der Waals surface area (Å²) in [6.45, 7) is 14.3. The third-order valence-electron chi connectivity index (χ3n) is 10.5. The lowest BCUT2D eigenvalue weighted by Crippen LogP contribution is -2.74. The molecule has 8 heteroatoms. The van der Waals surface area contributed by atoms with Crippen LogP contribution >= 0.6 is 0 Å². The highest BCUT2D eigenvalue weighted by Gasteiger charge is 2.64. The maximum Gasteiger partial charge on any atom is 0.254 e. The third-order valence-corrected chi connectivity index (χ3v) is 10.5. The van der Waals surface area contributed by atoms with Gasteiger partial charge in [-0.3, -0.25) is 4.79 Å². The van der Waals surface area contributed by atoms with Crippen LogP contribution in [0.15, 0.2) is 24.5 Å². The Labute approximate surface area is 250 Å². The zero-order chi connectivity index (χ0) is 30.2. The minimum atomic E-state index is -0.310. The first-order valence-electron chi connectivity index (χ1n) is 15.6. The number of aliphatic hydroxyl groups is 1. The zero-order valence-electron chi connectivity index (χ0n) is 26.1. The normalized spacial score (nSPS) is 27.0. The zero-order valence-corrected chi connectivity index (χ0v) is 26.1. The molecule has 2 aromatic rings. The average molecular weight is 574 g/mol. The minimum absolute atomic E-state index is 0.0864. The van der Waals surface area contributed by atoms with E-state index in [1.54, 1.807) is 12.4 Å². The molecular formula is C34H47N5O3. The van der Waals surface area contributed by atoms with Gasteiger partial charge in [0.2, 0.25) is 5.95 Å². The molecule has 1 saturated heterocycles. The molecule has 0 spiro atoms. The molecular weight excluding hydrogens is 526 g/mol. The van der Waals surface area contributed by atoms with Crippen LogP contribution in [0.1, 0.15) is 99.7 Å². The van der Waals surface area contributed by atoms with E-state index in [0.29, 0.717) is 17.1 Å². The molecule has 2 heterocycles. The second-order valence-electron chi connectivity index (χ2n) is 14.1. The van der Waals surface area contributed by atoms with Gasteiger partial charge in [0, 0.05) is 42.4 Å². The molecule has 2 N–H and O–H groups in total. The Kier molecular flexibility index (Phi) is 8.53. The van der Waals surface area contributed by atoms with Crippen LogP contribution in [-0.4, -0.2) is 52.3 Å². The number of amides is 1. The maximum absolute atomic E-state index is 13.3. The molecule has 5 rings (SSSR count). The monoisotopic (exact) mass is 573 g/mol. The van der Waals surface area contributed by atoms with E-state index in [1.807, 2.05) is 26.0 Å². The molecule has 0 radical (unpaired) electrons. The van der Waals surface area contributed by atoms with Crippen LogP contribution < -0.4 is 15.0 Å². The summed E-state index contributed by atoms with van der Waals surface area (Å²) in [6.07, 6.45) is 10.9. The number of ether oxygens (including phenoxy) is 1. The van der Waals surface area contributed by atoms with Crippen molar-refractivity contribution in [2.45, 2.75) is 105 Å². The van der Waals surface area contributed by atoms with Crippen LogP contribution in [-0.2, 0) is 0 Å². The molecule has 1 aliphatic heterocycles. The Morgan fingerprint density at radius 3 is 2.19 bits per heavy atom. The van der Waals surface area contributed by atoms with Crippen molar-refractivity contribution in [3.63, 3.8) is 0 Å². The van der Waals surface area contributed by atoms with Gasteiger partial charge in [-0.05, 0) is 93.9 Å². The van der Waals surface area contributed by atoms with Gasteiger partial charge >= 0.3 is 0 Å². The van der Waals surface area contributed by atoms with E-state index in [1.165, 1.54) is 6.42 Å². The molecule has 2 aliphatic carbocycles. The van der Waals surface area contributed by atoms with Crippen molar-refractivity contribution in [1.29, 1.82) is 5.26 Å². The number of aliphatic hydroxyl groups excluding tert-OH is 1. The standard InChI is InChI=1S/C34H47N5O3/c1-21-22(2)28(12-9-25(21)18-35)42-31-33(3,4)30(34(31,5)6)38-29(41)26-19-36-32(37-20-26)39-15-13-24(14-16-39)17-23-7-10-27(40)11-8-23/h9,12,19-20,23-24,27,30-31,40H,7-8,10-11,13-17H2,1-6H3,(H,38,41). The molecule has 42 heavy (non-hydrogen) atoms. The first-order valence-corrected chi connectivity index (χ1v) is 15.6. The molecule has 0 unspecified atom stereocenters. The third kappa shape index (κ3) is 5.86. The van der Waals surface area contributed by atoms with E-state index in [9.17, 15) is 15.2 Å². The number of aromatic nitrogens is 2. The lowest BCUT2D eigenvalue weighted by Gasteiger charge is -2.63. The van der Waals surface area contributed by atoms with E-state index < -0.39 is 0 Å². The molecule has 1 aromatic carbocycles. The van der Waals surface area contributed by atoms with E-state index >= 15 is 0 Å². The number of hydrogen-bond acceptors (Lipinski definition) is 7. The van der Waals surface area contributed by atoms with Crippen molar-refractivity contribution in [3.05, 3.63) is 46.8 Å². The van der Waals surface area contributed by atoms with E-state index in [-0.39, 0.29) is 35.0 Å². The Bertz CT molecular complexity index is 1300. The summed E-state index contributed by atoms with van der Waals surface area (Å²) in [5, 5.41) is 22.4. The fourth-order valence-electron chi connectivity index (χ4n) is 8.01. The predicted molar refractivity (Wildman–Crippen MR) is 163 cm³/mol. The van der Waals surface area contributed by atoms with Crippen molar-refractivity contribution in [1.82, 2.24) is 15.3 Å². The van der Waals surface area contributed by atoms with Gasteiger partial charge in [0.1, 0.15) is 11.9 Å². The predicted octanol–water partition coefficient (Wildman–Crippen LogP) is 5.73. The minimum Gasteiger partial charge on any atom is -0.489 e. The van der Waals surface area contributed by atoms with Crippen molar-refractivity contribution < 1.29 is 14.6 Å². The number of rotatable bonds is 7. The quantitative estimate of drug-likeness (QED) is 0.435. The molecule has 2 saturated carbocycles. The molecule has 3 aliphatic rings. The summed E-state index contributed by atoms with van der Waals surface area (Å²) in [4.78, 5) is 24.7. The van der Waals surface area contributed by atoms with Crippen molar-refractivity contribution in [3.8, 4) is 11.8 Å². The van der Waals surface area contributed by atoms with Crippen LogP contribution in [0.5, 0.6) is 5.75 Å². The number of piperidine rings is 1. The summed E-state index contributed by atoms with van der Waals surface area (Å²) in [6, 6.07) is 5.82. The van der Waals surface area contributed by atoms with E-state index in [4.69, 9.17) is 4.74 Å². The fraction of sp³-hybridized carbons (Fsp3) is 0.647. The number of nitriles is 1. The van der Waals surface area contributed by atoms with Gasteiger partial charge < -0.3 is 20.1 Å². The van der Waals surface area contributed by atoms with Crippen LogP contribution in [0.2, 0.25) is 0 Å². The first kappa shape index (κ1) is 30.3. The summed E-state index contributed by atoms with van der Waals surface area (Å²) in [5.41, 5.74) is 2.41. The topological polar surface area (TPSA) is 111 Å². The first-order chi connectivity index (χ1) is 19.9. The van der Waals surface area contributed by atoms with Crippen LogP contribution in [0.4, 0.5) is 5.95 Å². The highest BCUT2D eigenvalue weighted by Crippen LogP contribution is 2.55. The van der Waals surface area contributed by atoms with Gasteiger partial charge in [-0.2, -0.15) is 5.26 Å². The largest absolute Gasteiger partial charge is 0.489 e. The lowest BCUT2D eigenvalue weighted by molar-refractivity contribution is -0.164. The highest BCUT2D eigenvalue weighted by molar-refractivity contribution is 5.94. The summed E-state index contributed by atoms with van der Waals surface area (Å²) in [5.74, 6) is 2.79. The van der Waals surface area contributed by atoms with Crippen LogP contribution in [0.3, 0.4) is 0 Å². The molecule has 226 valence electrons. The number of carbonyl (C=O) groups is 1. The SMILES string of the molecule is Cc1c(C#N)ccc(OC2C(C)(C)C(NC(=O)c3cnc(N4CCC(CC5CCC(O)CC5)CC4)nc3)C2(C)C)c1C. The summed E-state index contributed by atoms with van der Waals surface area (Å²) < 4.78 is 6.55. The Hall–Kier alpha value is -3.18. The number of hydrogen-bond donors (Lipinski definition) is 2. The van der Waals surface area contributed by atoms with Gasteiger partial charge in [0.15, 0.2) is 0 Å². The van der Waals surface area contributed by atoms with Gasteiger partial charge in [0.05, 0.1) is 23.3 Å². The van der Waals surface area contributed by atoms with Crippen LogP contribution in [0.25, 0.3) is 0 Å². The molecule has 8 nitrogen and oxygen atoms in total. The van der Waals surface area contributed by atoms with Crippen molar-refractivity contribution in [2.75, 3.05) is 18.0 Å². The molecule has 1 amide bonds. The number of carbonyl (C=O) groups excluding carboxylic acids is 1. The summed E-state index contributed by atoms with van der Waals surface area (Å²) in [7, 11) is 0. The number of nitrogens with zero attached hydrogens (tertiary/aromatic N) is 4.